The quantitative estimate of drug-likeness (QED) is 0.0613. The number of nitrogens with zero attached hydrogens (tertiary/aromatic N) is 4. The Hall–Kier alpha value is -6.43. The van der Waals surface area contributed by atoms with E-state index >= 15 is 0 Å². The van der Waals surface area contributed by atoms with Crippen LogP contribution < -0.4 is 21.1 Å². The average molecular weight is 615 g/mol. The summed E-state index contributed by atoms with van der Waals surface area (Å²) in [6.45, 7) is 1.99. The van der Waals surface area contributed by atoms with Crippen LogP contribution in [0.3, 0.4) is 0 Å². The molecule has 5 N–H and O–H groups in total. The number of benzene rings is 3. The number of carbonyl (C=O) groups excluding carboxylic acids is 1. The number of nitrogens with one attached hydrogen (secondary N) is 3. The van der Waals surface area contributed by atoms with E-state index in [1.807, 2.05) is 62.6 Å². The van der Waals surface area contributed by atoms with Gasteiger partial charge in [0.1, 0.15) is 28.8 Å². The molecule has 0 radical (unpaired) electrons. The number of ether oxygens (including phenoxy) is 2. The zero-order chi connectivity index (χ0) is 32.2. The van der Waals surface area contributed by atoms with Crippen LogP contribution >= 0.6 is 0 Å². The molecule has 0 aliphatic rings. The summed E-state index contributed by atoms with van der Waals surface area (Å²) in [5, 5.41) is 18.8. The Morgan fingerprint density at radius 2 is 1.78 bits per heavy atom. The van der Waals surface area contributed by atoms with Gasteiger partial charge in [-0.25, -0.2) is 9.97 Å². The van der Waals surface area contributed by atoms with Crippen LogP contribution in [-0.2, 0) is 16.6 Å². The summed E-state index contributed by atoms with van der Waals surface area (Å²) in [4.78, 5) is 21.9. The van der Waals surface area contributed by atoms with Gasteiger partial charge < -0.3 is 30.3 Å². The molecule has 0 unspecified atom stereocenters. The fraction of sp³-hybridized carbons (Fsp3) is 0.0882. The van der Waals surface area contributed by atoms with Gasteiger partial charge in [0.2, 0.25) is 17.5 Å². The monoisotopic (exact) mass is 614 g/mol. The summed E-state index contributed by atoms with van der Waals surface area (Å²) in [5.74, 6) is 0.484. The van der Waals surface area contributed by atoms with Crippen molar-refractivity contribution >= 4 is 40.0 Å². The van der Waals surface area contributed by atoms with Crippen molar-refractivity contribution in [3.63, 3.8) is 0 Å². The highest BCUT2D eigenvalue weighted by molar-refractivity contribution is 6.22. The second kappa shape index (κ2) is 12.7. The fourth-order valence-electron chi connectivity index (χ4n) is 4.76. The lowest BCUT2D eigenvalue weighted by atomic mass is 10.0. The highest BCUT2D eigenvalue weighted by Gasteiger charge is 2.24. The van der Waals surface area contributed by atoms with E-state index in [1.165, 1.54) is 19.6 Å². The van der Waals surface area contributed by atoms with Crippen LogP contribution in [0.15, 0.2) is 108 Å². The summed E-state index contributed by atoms with van der Waals surface area (Å²) in [7, 11) is 3.16. The highest BCUT2D eigenvalue weighted by atomic mass is 16.5. The minimum absolute atomic E-state index is 0.0187. The number of furan rings is 1. The molecule has 0 aliphatic carbocycles. The molecule has 0 atom stereocenters. The van der Waals surface area contributed by atoms with Crippen molar-refractivity contribution in [2.24, 2.45) is 7.05 Å². The lowest BCUT2D eigenvalue weighted by molar-refractivity contribution is -0.112. The van der Waals surface area contributed by atoms with Crippen LogP contribution in [0.25, 0.3) is 33.6 Å². The maximum absolute atomic E-state index is 13.1. The molecule has 12 nitrogen and oxygen atoms in total. The lowest BCUT2D eigenvalue weighted by Gasteiger charge is -2.11. The topological polar surface area (TPSA) is 166 Å². The maximum atomic E-state index is 13.1. The number of aromatic nitrogens is 4. The Balaban J connectivity index is 1.27. The van der Waals surface area contributed by atoms with E-state index in [4.69, 9.17) is 25.0 Å². The third-order valence-corrected chi connectivity index (χ3v) is 7.05. The minimum atomic E-state index is -0.522. The summed E-state index contributed by atoms with van der Waals surface area (Å²) in [5.41, 5.74) is 11.7. The van der Waals surface area contributed by atoms with E-state index in [9.17, 15) is 4.79 Å². The number of nitrogens with two attached hydrogens (primary N) is 1. The Bertz CT molecular complexity index is 2080. The highest BCUT2D eigenvalue weighted by Crippen LogP contribution is 2.44. The molecule has 1 amide bonds. The Kier molecular flexibility index (Phi) is 8.16. The van der Waals surface area contributed by atoms with Crippen molar-refractivity contribution in [1.29, 1.82) is 5.41 Å². The predicted molar refractivity (Wildman–Crippen MR) is 177 cm³/mol. The summed E-state index contributed by atoms with van der Waals surface area (Å²) in [6, 6.07) is 21.8. The van der Waals surface area contributed by atoms with Crippen LogP contribution in [0, 0.1) is 12.3 Å². The van der Waals surface area contributed by atoms with E-state index in [0.29, 0.717) is 39.5 Å². The Morgan fingerprint density at radius 1 is 1.02 bits per heavy atom. The molecule has 0 aliphatic heterocycles. The van der Waals surface area contributed by atoms with Crippen LogP contribution in [0.2, 0.25) is 0 Å². The third kappa shape index (κ3) is 6.26. The summed E-state index contributed by atoms with van der Waals surface area (Å²) >= 11 is 0. The average Bonchev–Trinajstić information content (AvgIpc) is 3.67. The molecular weight excluding hydrogens is 584 g/mol. The number of amides is 1. The van der Waals surface area contributed by atoms with Gasteiger partial charge in [0, 0.05) is 42.1 Å². The predicted octanol–water partition coefficient (Wildman–Crippen LogP) is 6.53. The third-order valence-electron chi connectivity index (χ3n) is 7.05. The van der Waals surface area contributed by atoms with E-state index < -0.39 is 5.91 Å². The molecule has 0 saturated carbocycles. The van der Waals surface area contributed by atoms with Gasteiger partial charge in [0.05, 0.1) is 18.9 Å². The zero-order valence-corrected chi connectivity index (χ0v) is 25.2. The van der Waals surface area contributed by atoms with E-state index in [1.54, 1.807) is 41.2 Å². The molecule has 0 fully saturated rings. The van der Waals surface area contributed by atoms with Crippen LogP contribution in [0.5, 0.6) is 11.6 Å². The number of fused-ring (bicyclic) bond motifs is 1. The molecule has 3 aromatic carbocycles. The van der Waals surface area contributed by atoms with Gasteiger partial charge in [-0.2, -0.15) is 5.10 Å². The number of hydrogen-bond acceptors (Lipinski definition) is 10. The number of aryl methyl sites for hydroxylation is 2. The van der Waals surface area contributed by atoms with E-state index in [-0.39, 0.29) is 17.4 Å². The SMILES string of the molecule is COC(=N)/C(=C\Nc1ccc(C)cc1)C(=O)Nc1ccc(Oc2ncnc3oc(-c4cnn(C)c4)c(-c4cccc(N)c4)c23)cc1. The van der Waals surface area contributed by atoms with Crippen molar-refractivity contribution < 1.29 is 18.7 Å². The second-order valence-corrected chi connectivity index (χ2v) is 10.4. The van der Waals surface area contributed by atoms with Gasteiger partial charge in [-0.15, -0.1) is 0 Å². The van der Waals surface area contributed by atoms with Crippen molar-refractivity contribution in [2.45, 2.75) is 6.92 Å². The zero-order valence-electron chi connectivity index (χ0n) is 25.2. The first kappa shape index (κ1) is 29.6. The standard InChI is InChI=1S/C34H30N8O4/c1-20-7-9-24(10-8-20)37-17-27(31(36)44-3)32(43)41-25-11-13-26(14-12-25)45-33-29-28(21-5-4-6-23(35)15-21)30(22-16-40-42(2)18-22)46-34(29)39-19-38-33/h4-19,36-37H,35H2,1-3H3,(H,41,43)/b27-17+,36-31?. The molecule has 0 spiro atoms. The first-order chi connectivity index (χ1) is 22.3. The van der Waals surface area contributed by atoms with Crippen LogP contribution in [0.1, 0.15) is 5.56 Å². The molecular formula is C34H30N8O4. The molecule has 12 heteroatoms. The number of hydrogen-bond donors (Lipinski definition) is 4. The Morgan fingerprint density at radius 3 is 2.48 bits per heavy atom. The van der Waals surface area contributed by atoms with Gasteiger partial charge in [-0.1, -0.05) is 29.8 Å². The summed E-state index contributed by atoms with van der Waals surface area (Å²) in [6.07, 6.45) is 6.37. The van der Waals surface area contributed by atoms with Crippen molar-refractivity contribution in [3.8, 4) is 34.1 Å². The molecule has 230 valence electrons. The number of rotatable bonds is 9. The number of anilines is 3. The van der Waals surface area contributed by atoms with Gasteiger partial charge in [0.15, 0.2) is 0 Å². The van der Waals surface area contributed by atoms with E-state index in [0.717, 1.165) is 22.4 Å². The number of carbonyl (C=O) groups is 1. The van der Waals surface area contributed by atoms with Crippen molar-refractivity contribution in [1.82, 2.24) is 19.7 Å². The van der Waals surface area contributed by atoms with E-state index in [2.05, 4.69) is 25.7 Å². The smallest absolute Gasteiger partial charge is 0.262 e. The molecule has 3 heterocycles. The molecule has 3 aromatic heterocycles. The van der Waals surface area contributed by atoms with Crippen LogP contribution in [0.4, 0.5) is 17.1 Å². The van der Waals surface area contributed by atoms with Crippen molar-refractivity contribution in [2.75, 3.05) is 23.5 Å². The molecule has 0 saturated heterocycles. The molecule has 0 bridgehead atoms. The summed E-state index contributed by atoms with van der Waals surface area (Å²) < 4.78 is 19.2. The fourth-order valence-corrected chi connectivity index (χ4v) is 4.76. The first-order valence-corrected chi connectivity index (χ1v) is 14.2. The number of methoxy groups -OCH3 is 1. The normalized spacial score (nSPS) is 11.3. The largest absolute Gasteiger partial charge is 0.481 e. The first-order valence-electron chi connectivity index (χ1n) is 14.2. The van der Waals surface area contributed by atoms with Crippen molar-refractivity contribution in [3.05, 3.63) is 109 Å². The molecule has 46 heavy (non-hydrogen) atoms. The van der Waals surface area contributed by atoms with Gasteiger partial charge in [-0.05, 0) is 61.0 Å². The van der Waals surface area contributed by atoms with Gasteiger partial charge in [-0.3, -0.25) is 14.9 Å². The second-order valence-electron chi connectivity index (χ2n) is 10.4. The number of nitrogen functional groups attached to an aromatic ring is 1. The maximum Gasteiger partial charge on any atom is 0.262 e. The van der Waals surface area contributed by atoms with Gasteiger partial charge in [0.25, 0.3) is 5.91 Å². The minimum Gasteiger partial charge on any atom is -0.481 e. The lowest BCUT2D eigenvalue weighted by Crippen LogP contribution is -2.22. The molecule has 6 aromatic rings. The van der Waals surface area contributed by atoms with Gasteiger partial charge >= 0.3 is 0 Å². The van der Waals surface area contributed by atoms with Crippen LogP contribution in [-0.4, -0.2) is 38.7 Å². The molecule has 6 rings (SSSR count). The Labute approximate surface area is 264 Å².